The van der Waals surface area contributed by atoms with Crippen LogP contribution in [0.2, 0.25) is 0 Å². The fraction of sp³-hybridized carbons (Fsp3) is 0.652. The van der Waals surface area contributed by atoms with Crippen LogP contribution in [0, 0.1) is 0 Å². The molecule has 32 heavy (non-hydrogen) atoms. The Kier molecular flexibility index (Phi) is 6.67. The lowest BCUT2D eigenvalue weighted by Gasteiger charge is -2.30. The number of fused-ring (bicyclic) bond motifs is 1. The Morgan fingerprint density at radius 1 is 1.19 bits per heavy atom. The average Bonchev–Trinajstić information content (AvgIpc) is 3.07. The third-order valence-electron chi connectivity index (χ3n) is 5.82. The second-order valence-corrected chi connectivity index (χ2v) is 9.95. The summed E-state index contributed by atoms with van der Waals surface area (Å²) in [5, 5.41) is 2.99. The number of alkyl carbamates (subject to hydrolysis) is 1. The van der Waals surface area contributed by atoms with Crippen LogP contribution in [0.15, 0.2) is 21.2 Å². The molecular formula is C23H35N5O4. The van der Waals surface area contributed by atoms with E-state index in [2.05, 4.69) is 11.4 Å². The largest absolute Gasteiger partial charge is 0.444 e. The molecular weight excluding hydrogens is 410 g/mol. The topological polar surface area (TPSA) is 100 Å². The maximum absolute atomic E-state index is 13.0. The molecule has 0 bridgehead atoms. The van der Waals surface area contributed by atoms with Gasteiger partial charge < -0.3 is 14.6 Å². The molecule has 0 aliphatic heterocycles. The molecule has 0 saturated heterocycles. The van der Waals surface area contributed by atoms with Gasteiger partial charge in [-0.3, -0.25) is 13.9 Å². The van der Waals surface area contributed by atoms with Crippen molar-refractivity contribution in [3.05, 3.63) is 38.3 Å². The Morgan fingerprint density at radius 3 is 2.50 bits per heavy atom. The molecule has 2 atom stereocenters. The summed E-state index contributed by atoms with van der Waals surface area (Å²) in [7, 11) is 3.13. The number of carbonyl (C=O) groups excluding carboxylic acids is 1. The van der Waals surface area contributed by atoms with E-state index < -0.39 is 17.4 Å². The number of ether oxygens (including phenoxy) is 1. The van der Waals surface area contributed by atoms with Gasteiger partial charge in [-0.1, -0.05) is 18.1 Å². The van der Waals surface area contributed by atoms with Crippen molar-refractivity contribution in [3.63, 3.8) is 0 Å². The number of imidazole rings is 1. The van der Waals surface area contributed by atoms with Crippen LogP contribution in [-0.2, 0) is 25.4 Å². The molecule has 1 fully saturated rings. The zero-order valence-electron chi connectivity index (χ0n) is 20.2. The van der Waals surface area contributed by atoms with Crippen molar-refractivity contribution in [2.75, 3.05) is 0 Å². The minimum absolute atomic E-state index is 0.0352. The third kappa shape index (κ3) is 4.97. The number of nitrogens with zero attached hydrogens (tertiary/aromatic N) is 4. The maximum atomic E-state index is 13.0. The predicted octanol–water partition coefficient (Wildman–Crippen LogP) is 2.95. The van der Waals surface area contributed by atoms with Crippen LogP contribution in [0.1, 0.15) is 72.0 Å². The van der Waals surface area contributed by atoms with Crippen LogP contribution in [0.25, 0.3) is 11.2 Å². The minimum Gasteiger partial charge on any atom is -0.444 e. The Labute approximate surface area is 188 Å². The fourth-order valence-electron chi connectivity index (χ4n) is 4.26. The summed E-state index contributed by atoms with van der Waals surface area (Å²) in [6, 6.07) is -0.0352. The predicted molar refractivity (Wildman–Crippen MR) is 124 cm³/mol. The first-order chi connectivity index (χ1) is 14.9. The van der Waals surface area contributed by atoms with E-state index in [1.165, 1.54) is 11.6 Å². The molecule has 2 unspecified atom stereocenters. The number of allylic oxidation sites excluding steroid dienone is 2. The first kappa shape index (κ1) is 23.8. The van der Waals surface area contributed by atoms with Gasteiger partial charge in [-0.15, -0.1) is 0 Å². The molecule has 9 heteroatoms. The lowest BCUT2D eigenvalue weighted by molar-refractivity contribution is 0.0490. The number of hydrogen-bond acceptors (Lipinski definition) is 5. The van der Waals surface area contributed by atoms with Crippen molar-refractivity contribution < 1.29 is 9.53 Å². The SMILES string of the molecule is CC(C)=CCn1c(C2CCCC(NC(=O)OC(C)(C)C)C2)nc2c1c(=O)n(C)c(=O)n2C. The van der Waals surface area contributed by atoms with E-state index in [0.29, 0.717) is 24.1 Å². The van der Waals surface area contributed by atoms with E-state index in [1.54, 1.807) is 7.05 Å². The summed E-state index contributed by atoms with van der Waals surface area (Å²) < 4.78 is 9.90. The number of amides is 1. The van der Waals surface area contributed by atoms with E-state index in [0.717, 1.165) is 35.2 Å². The average molecular weight is 446 g/mol. The lowest BCUT2D eigenvalue weighted by atomic mass is 9.85. The molecule has 1 aliphatic carbocycles. The van der Waals surface area contributed by atoms with Gasteiger partial charge in [-0.05, 0) is 53.9 Å². The van der Waals surface area contributed by atoms with Crippen molar-refractivity contribution in [1.82, 2.24) is 24.0 Å². The van der Waals surface area contributed by atoms with Crippen molar-refractivity contribution in [3.8, 4) is 0 Å². The summed E-state index contributed by atoms with van der Waals surface area (Å²) >= 11 is 0. The van der Waals surface area contributed by atoms with Gasteiger partial charge in [0.15, 0.2) is 11.2 Å². The zero-order chi connectivity index (χ0) is 23.8. The molecule has 176 valence electrons. The highest BCUT2D eigenvalue weighted by Gasteiger charge is 2.30. The van der Waals surface area contributed by atoms with Crippen LogP contribution in [0.5, 0.6) is 0 Å². The van der Waals surface area contributed by atoms with Crippen LogP contribution in [0.3, 0.4) is 0 Å². The third-order valence-corrected chi connectivity index (χ3v) is 5.82. The summed E-state index contributed by atoms with van der Waals surface area (Å²) in [6.07, 6.45) is 5.02. The van der Waals surface area contributed by atoms with Crippen LogP contribution >= 0.6 is 0 Å². The first-order valence-electron chi connectivity index (χ1n) is 11.2. The number of nitrogens with one attached hydrogen (secondary N) is 1. The summed E-state index contributed by atoms with van der Waals surface area (Å²) in [5.41, 5.74) is 0.674. The lowest BCUT2D eigenvalue weighted by Crippen LogP contribution is -2.41. The highest BCUT2D eigenvalue weighted by molar-refractivity contribution is 5.71. The number of hydrogen-bond donors (Lipinski definition) is 1. The van der Waals surface area contributed by atoms with Gasteiger partial charge in [-0.2, -0.15) is 0 Å². The van der Waals surface area contributed by atoms with Crippen molar-refractivity contribution in [2.45, 2.75) is 84.4 Å². The number of aromatic nitrogens is 4. The van der Waals surface area contributed by atoms with Gasteiger partial charge in [0.2, 0.25) is 0 Å². The maximum Gasteiger partial charge on any atom is 0.407 e. The van der Waals surface area contributed by atoms with Gasteiger partial charge >= 0.3 is 11.8 Å². The van der Waals surface area contributed by atoms with E-state index in [1.807, 2.05) is 39.2 Å². The second-order valence-electron chi connectivity index (χ2n) is 9.95. The summed E-state index contributed by atoms with van der Waals surface area (Å²) in [5.74, 6) is 0.841. The number of carbonyl (C=O) groups is 1. The number of rotatable bonds is 4. The molecule has 0 spiro atoms. The zero-order valence-corrected chi connectivity index (χ0v) is 20.2. The highest BCUT2D eigenvalue weighted by atomic mass is 16.6. The molecule has 1 N–H and O–H groups in total. The highest BCUT2D eigenvalue weighted by Crippen LogP contribution is 2.34. The first-order valence-corrected chi connectivity index (χ1v) is 11.2. The van der Waals surface area contributed by atoms with E-state index in [-0.39, 0.29) is 17.5 Å². The summed E-state index contributed by atoms with van der Waals surface area (Å²) in [6.45, 7) is 10.0. The van der Waals surface area contributed by atoms with Gasteiger partial charge in [0.1, 0.15) is 11.4 Å². The van der Waals surface area contributed by atoms with Gasteiger partial charge in [0.25, 0.3) is 5.56 Å². The second kappa shape index (κ2) is 8.96. The summed E-state index contributed by atoms with van der Waals surface area (Å²) in [4.78, 5) is 42.5. The standard InChI is InChI=1S/C23H35N5O4/c1-14(2)11-12-28-17-19(26(6)22(31)27(7)20(17)29)25-18(28)15-9-8-10-16(13-15)24-21(30)32-23(3,4)5/h11,15-16H,8-10,12-13H2,1-7H3,(H,24,30). The smallest absolute Gasteiger partial charge is 0.407 e. The molecule has 1 amide bonds. The van der Waals surface area contributed by atoms with Gasteiger partial charge in [0.05, 0.1) is 0 Å². The Morgan fingerprint density at radius 2 is 1.88 bits per heavy atom. The molecule has 2 aromatic heterocycles. The molecule has 3 rings (SSSR count). The number of aryl methyl sites for hydroxylation is 1. The quantitative estimate of drug-likeness (QED) is 0.730. The van der Waals surface area contributed by atoms with Crippen LogP contribution in [-0.4, -0.2) is 36.4 Å². The van der Waals surface area contributed by atoms with Crippen molar-refractivity contribution in [2.24, 2.45) is 14.1 Å². The van der Waals surface area contributed by atoms with Crippen LogP contribution < -0.4 is 16.6 Å². The molecule has 1 saturated carbocycles. The minimum atomic E-state index is -0.554. The van der Waals surface area contributed by atoms with E-state index >= 15 is 0 Å². The molecule has 2 heterocycles. The van der Waals surface area contributed by atoms with E-state index in [4.69, 9.17) is 9.72 Å². The Bertz CT molecular complexity index is 1160. The van der Waals surface area contributed by atoms with Gasteiger partial charge in [-0.25, -0.2) is 14.6 Å². The van der Waals surface area contributed by atoms with E-state index in [9.17, 15) is 14.4 Å². The molecule has 0 radical (unpaired) electrons. The van der Waals surface area contributed by atoms with Gasteiger partial charge in [0, 0.05) is 32.6 Å². The van der Waals surface area contributed by atoms with Crippen molar-refractivity contribution >= 4 is 17.3 Å². The molecule has 1 aliphatic rings. The fourth-order valence-corrected chi connectivity index (χ4v) is 4.26. The molecule has 2 aromatic rings. The Hall–Kier alpha value is -2.84. The molecule has 0 aromatic carbocycles. The normalized spacial score (nSPS) is 19.1. The Balaban J connectivity index is 2.01. The van der Waals surface area contributed by atoms with Crippen molar-refractivity contribution in [1.29, 1.82) is 0 Å². The molecule has 9 nitrogen and oxygen atoms in total. The monoisotopic (exact) mass is 445 g/mol. The van der Waals surface area contributed by atoms with Crippen LogP contribution in [0.4, 0.5) is 4.79 Å².